The van der Waals surface area contributed by atoms with Crippen molar-refractivity contribution in [3.8, 4) is 0 Å². The lowest BCUT2D eigenvalue weighted by molar-refractivity contribution is 0.184. The van der Waals surface area contributed by atoms with Crippen molar-refractivity contribution >= 4 is 12.0 Å². The first kappa shape index (κ1) is 16.9. The molecular formula is C17H30N4O. The molecule has 5 heteroatoms. The molecule has 0 amide bonds. The fourth-order valence-corrected chi connectivity index (χ4v) is 2.85. The van der Waals surface area contributed by atoms with Crippen LogP contribution in [0.4, 0.5) is 5.82 Å². The summed E-state index contributed by atoms with van der Waals surface area (Å²) in [5.41, 5.74) is 0.945. The molecule has 0 radical (unpaired) electrons. The van der Waals surface area contributed by atoms with E-state index in [-0.39, 0.29) is 0 Å². The molecule has 0 unspecified atom stereocenters. The minimum absolute atomic E-state index is 0.868. The number of likely N-dealkylation sites (tertiary alicyclic amines) is 1. The molecule has 124 valence electrons. The van der Waals surface area contributed by atoms with Crippen LogP contribution in [0.5, 0.6) is 0 Å². The van der Waals surface area contributed by atoms with Crippen LogP contribution in [0.25, 0.3) is 0 Å². The molecule has 0 spiro atoms. The van der Waals surface area contributed by atoms with Crippen molar-refractivity contribution < 1.29 is 4.52 Å². The summed E-state index contributed by atoms with van der Waals surface area (Å²) in [6, 6.07) is 0. The molecule has 1 aromatic rings. The number of aliphatic imine (C=N–C) groups is 1. The van der Waals surface area contributed by atoms with E-state index in [2.05, 4.69) is 28.4 Å². The predicted molar refractivity (Wildman–Crippen MR) is 92.9 cm³/mol. The maximum atomic E-state index is 5.66. The fourth-order valence-electron chi connectivity index (χ4n) is 2.85. The fraction of sp³-hybridized carbons (Fsp3) is 0.706. The second kappa shape index (κ2) is 8.22. The Labute approximate surface area is 134 Å². The Kier molecular flexibility index (Phi) is 6.31. The number of aryl methyl sites for hydroxylation is 1. The SMILES string of the molecule is C=C(C)/C=N\c1c(C)on1N(CC)CCCN1CCCCC1. The van der Waals surface area contributed by atoms with E-state index in [9.17, 15) is 0 Å². The minimum atomic E-state index is 0.868. The summed E-state index contributed by atoms with van der Waals surface area (Å²) >= 11 is 0. The highest BCUT2D eigenvalue weighted by Crippen LogP contribution is 2.23. The first-order valence-corrected chi connectivity index (χ1v) is 8.47. The Morgan fingerprint density at radius 1 is 1.36 bits per heavy atom. The third-order valence-corrected chi connectivity index (χ3v) is 4.09. The van der Waals surface area contributed by atoms with Crippen LogP contribution in [0.1, 0.15) is 45.3 Å². The smallest absolute Gasteiger partial charge is 0.229 e. The molecule has 22 heavy (non-hydrogen) atoms. The van der Waals surface area contributed by atoms with Gasteiger partial charge in [-0.2, -0.15) is 0 Å². The van der Waals surface area contributed by atoms with Crippen LogP contribution in [0.3, 0.4) is 0 Å². The van der Waals surface area contributed by atoms with Crippen molar-refractivity contribution in [2.75, 3.05) is 37.7 Å². The second-order valence-electron chi connectivity index (χ2n) is 6.15. The number of piperidine rings is 1. The van der Waals surface area contributed by atoms with Gasteiger partial charge < -0.3 is 9.42 Å². The van der Waals surface area contributed by atoms with Crippen molar-refractivity contribution in [2.24, 2.45) is 4.99 Å². The van der Waals surface area contributed by atoms with Gasteiger partial charge in [-0.05, 0) is 58.3 Å². The van der Waals surface area contributed by atoms with Crippen molar-refractivity contribution in [2.45, 2.75) is 46.5 Å². The van der Waals surface area contributed by atoms with Crippen molar-refractivity contribution in [1.82, 2.24) is 9.75 Å². The first-order chi connectivity index (χ1) is 10.6. The average Bonchev–Trinajstić information content (AvgIpc) is 2.50. The molecule has 5 nitrogen and oxygen atoms in total. The number of hydrogen-bond donors (Lipinski definition) is 0. The van der Waals surface area contributed by atoms with Crippen LogP contribution in [-0.4, -0.2) is 48.7 Å². The van der Waals surface area contributed by atoms with Crippen molar-refractivity contribution in [3.63, 3.8) is 0 Å². The molecule has 1 aromatic heterocycles. The second-order valence-corrected chi connectivity index (χ2v) is 6.15. The van der Waals surface area contributed by atoms with E-state index in [1.165, 1.54) is 38.9 Å². The van der Waals surface area contributed by atoms with Gasteiger partial charge in [-0.3, -0.25) is 5.01 Å². The highest BCUT2D eigenvalue weighted by molar-refractivity contribution is 5.79. The molecular weight excluding hydrogens is 276 g/mol. The van der Waals surface area contributed by atoms with E-state index in [1.807, 2.05) is 18.7 Å². The number of rotatable bonds is 8. The van der Waals surface area contributed by atoms with Crippen molar-refractivity contribution in [3.05, 3.63) is 17.9 Å². The molecule has 1 fully saturated rings. The third kappa shape index (κ3) is 4.50. The maximum Gasteiger partial charge on any atom is 0.229 e. The van der Waals surface area contributed by atoms with Crippen LogP contribution in [0.2, 0.25) is 0 Å². The lowest BCUT2D eigenvalue weighted by Gasteiger charge is -2.30. The summed E-state index contributed by atoms with van der Waals surface area (Å²) in [4.78, 5) is 8.87. The zero-order chi connectivity index (χ0) is 15.9. The van der Waals surface area contributed by atoms with E-state index >= 15 is 0 Å². The largest absolute Gasteiger partial charge is 0.358 e. The summed E-state index contributed by atoms with van der Waals surface area (Å²) < 4.78 is 5.66. The quantitative estimate of drug-likeness (QED) is 0.690. The van der Waals surface area contributed by atoms with Crippen LogP contribution in [0.15, 0.2) is 21.7 Å². The summed E-state index contributed by atoms with van der Waals surface area (Å²) in [7, 11) is 0. The summed E-state index contributed by atoms with van der Waals surface area (Å²) in [5.74, 6) is 1.76. The van der Waals surface area contributed by atoms with Gasteiger partial charge in [0.25, 0.3) is 0 Å². The van der Waals surface area contributed by atoms with E-state index in [1.54, 1.807) is 6.21 Å². The number of nitrogens with zero attached hydrogens (tertiary/aromatic N) is 4. The molecule has 2 heterocycles. The minimum Gasteiger partial charge on any atom is -0.358 e. The Balaban J connectivity index is 1.86. The Hall–Kier alpha value is -1.49. The topological polar surface area (TPSA) is 36.9 Å². The zero-order valence-electron chi connectivity index (χ0n) is 14.3. The van der Waals surface area contributed by atoms with Gasteiger partial charge >= 0.3 is 0 Å². The van der Waals surface area contributed by atoms with Crippen LogP contribution >= 0.6 is 0 Å². The molecule has 1 aliphatic heterocycles. The first-order valence-electron chi connectivity index (χ1n) is 8.47. The van der Waals surface area contributed by atoms with E-state index < -0.39 is 0 Å². The standard InChI is InChI=1S/C17H30N4O/c1-5-20(13-9-12-19-10-7-6-8-11-19)21-17(16(4)22-21)18-14-15(2)3/h14H,2,5-13H2,1,3-4H3/b18-14-. The summed E-state index contributed by atoms with van der Waals surface area (Å²) in [5, 5.41) is 2.21. The van der Waals surface area contributed by atoms with Crippen LogP contribution < -0.4 is 5.01 Å². The van der Waals surface area contributed by atoms with Gasteiger partial charge in [0, 0.05) is 26.2 Å². The highest BCUT2D eigenvalue weighted by atomic mass is 16.5. The van der Waals surface area contributed by atoms with Gasteiger partial charge in [-0.1, -0.05) is 17.8 Å². The lowest BCUT2D eigenvalue weighted by atomic mass is 10.1. The van der Waals surface area contributed by atoms with Crippen LogP contribution in [-0.2, 0) is 0 Å². The zero-order valence-corrected chi connectivity index (χ0v) is 14.3. The molecule has 2 rings (SSSR count). The van der Waals surface area contributed by atoms with Gasteiger partial charge in [0.2, 0.25) is 5.82 Å². The molecule has 0 atom stereocenters. The predicted octanol–water partition coefficient (Wildman–Crippen LogP) is 3.50. The highest BCUT2D eigenvalue weighted by Gasteiger charge is 2.18. The molecule has 0 N–H and O–H groups in total. The maximum absolute atomic E-state index is 5.66. The molecule has 1 saturated heterocycles. The van der Waals surface area contributed by atoms with Gasteiger partial charge in [0.15, 0.2) is 5.76 Å². The van der Waals surface area contributed by atoms with Gasteiger partial charge in [-0.25, -0.2) is 4.99 Å². The Morgan fingerprint density at radius 3 is 2.68 bits per heavy atom. The Bertz CT molecular complexity index is 494. The van der Waals surface area contributed by atoms with E-state index in [0.717, 1.165) is 36.7 Å². The van der Waals surface area contributed by atoms with Crippen molar-refractivity contribution in [1.29, 1.82) is 0 Å². The van der Waals surface area contributed by atoms with Gasteiger partial charge in [0.1, 0.15) is 0 Å². The number of aromatic nitrogens is 1. The monoisotopic (exact) mass is 306 g/mol. The van der Waals surface area contributed by atoms with Gasteiger partial charge in [0.05, 0.1) is 0 Å². The van der Waals surface area contributed by atoms with Gasteiger partial charge in [-0.15, -0.1) is 0 Å². The average molecular weight is 306 g/mol. The molecule has 0 aromatic carbocycles. The summed E-state index contributed by atoms with van der Waals surface area (Å²) in [6.45, 7) is 15.5. The lowest BCUT2D eigenvalue weighted by Crippen LogP contribution is -2.39. The molecule has 0 saturated carbocycles. The van der Waals surface area contributed by atoms with E-state index in [4.69, 9.17) is 4.52 Å². The molecule has 1 aliphatic rings. The number of hydrogen-bond acceptors (Lipinski definition) is 4. The third-order valence-electron chi connectivity index (χ3n) is 4.09. The molecule has 0 aliphatic carbocycles. The Morgan fingerprint density at radius 2 is 2.09 bits per heavy atom. The molecule has 0 bridgehead atoms. The summed E-state index contributed by atoms with van der Waals surface area (Å²) in [6.07, 6.45) is 7.05. The van der Waals surface area contributed by atoms with E-state index in [0.29, 0.717) is 0 Å². The van der Waals surface area contributed by atoms with Crippen LogP contribution in [0, 0.1) is 6.92 Å². The normalized spacial score (nSPS) is 16.5. The number of allylic oxidation sites excluding steroid dienone is 1.